The van der Waals surface area contributed by atoms with Crippen molar-refractivity contribution in [2.24, 2.45) is 11.7 Å². The Morgan fingerprint density at radius 1 is 1.47 bits per heavy atom. The molecule has 5 heteroatoms. The molecular formula is C12H18N4S. The summed E-state index contributed by atoms with van der Waals surface area (Å²) in [6.07, 6.45) is 4.07. The summed E-state index contributed by atoms with van der Waals surface area (Å²) in [7, 11) is 0. The lowest BCUT2D eigenvalue weighted by Gasteiger charge is -2.38. The summed E-state index contributed by atoms with van der Waals surface area (Å²) >= 11 is 5.07. The molecule has 2 rings (SSSR count). The molecule has 4 nitrogen and oxygen atoms in total. The number of hydrogen-bond donors (Lipinski definition) is 1. The zero-order valence-corrected chi connectivity index (χ0v) is 11.1. The zero-order chi connectivity index (χ0) is 12.4. The van der Waals surface area contributed by atoms with E-state index in [0.717, 1.165) is 17.9 Å². The summed E-state index contributed by atoms with van der Waals surface area (Å²) in [4.78, 5) is 2.66. The molecule has 2 N–H and O–H groups in total. The number of thiocarbonyl (C=S) groups is 1. The maximum atomic E-state index is 5.74. The predicted octanol–water partition coefficient (Wildman–Crippen LogP) is 1.74. The van der Waals surface area contributed by atoms with Crippen molar-refractivity contribution < 1.29 is 0 Å². The maximum Gasteiger partial charge on any atom is 0.161 e. The summed E-state index contributed by atoms with van der Waals surface area (Å²) in [5.41, 5.74) is 6.57. The quantitative estimate of drug-likeness (QED) is 0.810. The van der Waals surface area contributed by atoms with Crippen LogP contribution in [0.2, 0.25) is 0 Å². The van der Waals surface area contributed by atoms with E-state index in [9.17, 15) is 0 Å². The second kappa shape index (κ2) is 4.96. The van der Waals surface area contributed by atoms with Crippen LogP contribution in [0.4, 0.5) is 5.82 Å². The molecule has 0 aromatic carbocycles. The monoisotopic (exact) mass is 250 g/mol. The van der Waals surface area contributed by atoms with Gasteiger partial charge in [0.2, 0.25) is 0 Å². The molecule has 2 atom stereocenters. The van der Waals surface area contributed by atoms with Crippen LogP contribution in [0.5, 0.6) is 0 Å². The first-order valence-electron chi connectivity index (χ1n) is 5.97. The fraction of sp³-hybridized carbons (Fsp3) is 0.583. The first kappa shape index (κ1) is 12.2. The highest BCUT2D eigenvalue weighted by Crippen LogP contribution is 2.27. The molecule has 1 saturated heterocycles. The molecule has 2 unspecified atom stereocenters. The second-order valence-electron chi connectivity index (χ2n) is 4.82. The van der Waals surface area contributed by atoms with E-state index in [1.807, 2.05) is 6.07 Å². The van der Waals surface area contributed by atoms with Crippen molar-refractivity contribution in [3.05, 3.63) is 17.8 Å². The van der Waals surface area contributed by atoms with E-state index in [4.69, 9.17) is 18.0 Å². The van der Waals surface area contributed by atoms with Gasteiger partial charge in [-0.25, -0.2) is 0 Å². The molecule has 0 aliphatic carbocycles. The summed E-state index contributed by atoms with van der Waals surface area (Å²) in [5, 5.41) is 8.17. The minimum atomic E-state index is 0.389. The van der Waals surface area contributed by atoms with Crippen LogP contribution < -0.4 is 10.6 Å². The lowest BCUT2D eigenvalue weighted by atomic mass is 9.95. The Hall–Kier alpha value is -1.23. The smallest absolute Gasteiger partial charge is 0.161 e. The normalized spacial score (nSPS) is 24.7. The van der Waals surface area contributed by atoms with E-state index < -0.39 is 0 Å². The van der Waals surface area contributed by atoms with Crippen LogP contribution in [0.1, 0.15) is 32.3 Å². The average Bonchev–Trinajstić information content (AvgIpc) is 2.32. The van der Waals surface area contributed by atoms with Crippen molar-refractivity contribution in [1.82, 2.24) is 10.2 Å². The van der Waals surface area contributed by atoms with Crippen LogP contribution in [-0.4, -0.2) is 27.8 Å². The molecule has 0 amide bonds. The Morgan fingerprint density at radius 2 is 2.24 bits per heavy atom. The van der Waals surface area contributed by atoms with Gasteiger partial charge >= 0.3 is 0 Å². The van der Waals surface area contributed by atoms with Gasteiger partial charge in [0, 0.05) is 12.6 Å². The van der Waals surface area contributed by atoms with Gasteiger partial charge in [0.05, 0.1) is 11.8 Å². The molecule has 1 aromatic heterocycles. The lowest BCUT2D eigenvalue weighted by molar-refractivity contribution is 0.387. The third-order valence-corrected chi connectivity index (χ3v) is 3.58. The van der Waals surface area contributed by atoms with Gasteiger partial charge in [-0.2, -0.15) is 5.10 Å². The molecule has 2 heterocycles. The molecule has 0 bridgehead atoms. The SMILES string of the molecule is CC1CCC(C)N(c2nnccc2C(N)=S)C1. The van der Waals surface area contributed by atoms with Crippen LogP contribution in [0, 0.1) is 5.92 Å². The fourth-order valence-corrected chi connectivity index (χ4v) is 2.47. The van der Waals surface area contributed by atoms with E-state index in [1.54, 1.807) is 6.20 Å². The van der Waals surface area contributed by atoms with E-state index in [2.05, 4.69) is 28.9 Å². The van der Waals surface area contributed by atoms with Crippen LogP contribution in [0.15, 0.2) is 12.3 Å². The van der Waals surface area contributed by atoms with Gasteiger partial charge in [0.1, 0.15) is 4.99 Å². The van der Waals surface area contributed by atoms with Gasteiger partial charge in [-0.05, 0) is 31.7 Å². The predicted molar refractivity (Wildman–Crippen MR) is 73.1 cm³/mol. The third kappa shape index (κ3) is 2.54. The highest BCUT2D eigenvalue weighted by molar-refractivity contribution is 7.80. The van der Waals surface area contributed by atoms with Crippen molar-refractivity contribution in [2.45, 2.75) is 32.7 Å². The minimum Gasteiger partial charge on any atom is -0.389 e. The van der Waals surface area contributed by atoms with Gasteiger partial charge in [-0.1, -0.05) is 19.1 Å². The van der Waals surface area contributed by atoms with Crippen LogP contribution in [-0.2, 0) is 0 Å². The van der Waals surface area contributed by atoms with E-state index in [-0.39, 0.29) is 0 Å². The summed E-state index contributed by atoms with van der Waals surface area (Å²) in [5.74, 6) is 1.51. The molecule has 92 valence electrons. The Bertz CT molecular complexity index is 421. The molecule has 0 radical (unpaired) electrons. The molecule has 17 heavy (non-hydrogen) atoms. The number of anilines is 1. The molecular weight excluding hydrogens is 232 g/mol. The standard InChI is InChI=1S/C12H18N4S/c1-8-3-4-9(2)16(7-8)12-10(11(13)17)5-6-14-15-12/h5-6,8-9H,3-4,7H2,1-2H3,(H2,13,17). The number of hydrogen-bond acceptors (Lipinski definition) is 4. The second-order valence-corrected chi connectivity index (χ2v) is 5.26. The summed E-state index contributed by atoms with van der Waals surface area (Å²) in [6.45, 7) is 5.47. The fourth-order valence-electron chi connectivity index (χ4n) is 2.31. The van der Waals surface area contributed by atoms with Crippen molar-refractivity contribution in [1.29, 1.82) is 0 Å². The van der Waals surface area contributed by atoms with Crippen molar-refractivity contribution in [3.63, 3.8) is 0 Å². The van der Waals surface area contributed by atoms with Gasteiger partial charge < -0.3 is 10.6 Å². The Morgan fingerprint density at radius 3 is 2.94 bits per heavy atom. The van der Waals surface area contributed by atoms with Crippen molar-refractivity contribution in [3.8, 4) is 0 Å². The summed E-state index contributed by atoms with van der Waals surface area (Å²) < 4.78 is 0. The van der Waals surface area contributed by atoms with Crippen LogP contribution in [0.3, 0.4) is 0 Å². The van der Waals surface area contributed by atoms with E-state index in [0.29, 0.717) is 16.9 Å². The molecule has 0 saturated carbocycles. The number of nitrogens with zero attached hydrogens (tertiary/aromatic N) is 3. The van der Waals surface area contributed by atoms with Crippen molar-refractivity contribution >= 4 is 23.0 Å². The Balaban J connectivity index is 2.35. The molecule has 1 aliphatic heterocycles. The highest BCUT2D eigenvalue weighted by Gasteiger charge is 2.26. The van der Waals surface area contributed by atoms with Crippen LogP contribution in [0.25, 0.3) is 0 Å². The Kier molecular flexibility index (Phi) is 3.57. The number of rotatable bonds is 2. The average molecular weight is 250 g/mol. The maximum absolute atomic E-state index is 5.74. The zero-order valence-electron chi connectivity index (χ0n) is 10.3. The third-order valence-electron chi connectivity index (χ3n) is 3.36. The largest absolute Gasteiger partial charge is 0.389 e. The first-order valence-corrected chi connectivity index (χ1v) is 6.38. The summed E-state index contributed by atoms with van der Waals surface area (Å²) in [6, 6.07) is 2.31. The molecule has 0 spiro atoms. The number of nitrogens with two attached hydrogens (primary N) is 1. The van der Waals surface area contributed by atoms with E-state index in [1.165, 1.54) is 12.8 Å². The molecule has 1 aliphatic rings. The Labute approximate surface area is 107 Å². The van der Waals surface area contributed by atoms with Crippen LogP contribution >= 0.6 is 12.2 Å². The van der Waals surface area contributed by atoms with E-state index >= 15 is 0 Å². The molecule has 1 aromatic rings. The topological polar surface area (TPSA) is 55.0 Å². The number of aromatic nitrogens is 2. The first-order chi connectivity index (χ1) is 8.09. The van der Waals surface area contributed by atoms with Gasteiger partial charge in [0.25, 0.3) is 0 Å². The van der Waals surface area contributed by atoms with Gasteiger partial charge in [0.15, 0.2) is 5.82 Å². The number of piperidine rings is 1. The highest BCUT2D eigenvalue weighted by atomic mass is 32.1. The van der Waals surface area contributed by atoms with Crippen molar-refractivity contribution in [2.75, 3.05) is 11.4 Å². The van der Waals surface area contributed by atoms with Gasteiger partial charge in [-0.3, -0.25) is 0 Å². The minimum absolute atomic E-state index is 0.389. The molecule has 1 fully saturated rings. The lowest BCUT2D eigenvalue weighted by Crippen LogP contribution is -2.42. The van der Waals surface area contributed by atoms with Gasteiger partial charge in [-0.15, -0.1) is 5.10 Å².